The van der Waals surface area contributed by atoms with E-state index >= 15 is 0 Å². The molecule has 3 rings (SSSR count). The van der Waals surface area contributed by atoms with Gasteiger partial charge in [-0.15, -0.1) is 0 Å². The largest absolute Gasteiger partial charge is 0.423 e. The number of rotatable bonds is 1. The van der Waals surface area contributed by atoms with Crippen molar-refractivity contribution >= 4 is 23.0 Å². The molecule has 0 atom stereocenters. The summed E-state index contributed by atoms with van der Waals surface area (Å²) in [4.78, 5) is 19.6. The first-order valence-electron chi connectivity index (χ1n) is 6.10. The molecular formula is C13H15N3O2. The normalized spacial score (nSPS) is 16.3. The van der Waals surface area contributed by atoms with Crippen molar-refractivity contribution in [2.45, 2.75) is 6.92 Å². The maximum Gasteiger partial charge on any atom is 0.298 e. The van der Waals surface area contributed by atoms with E-state index in [0.717, 1.165) is 37.3 Å². The van der Waals surface area contributed by atoms with Gasteiger partial charge in [-0.25, -0.2) is 0 Å². The van der Waals surface area contributed by atoms with Crippen molar-refractivity contribution in [3.05, 3.63) is 24.3 Å². The molecule has 2 heterocycles. The fraction of sp³-hybridized carbons (Fsp3) is 0.385. The zero-order valence-electron chi connectivity index (χ0n) is 10.3. The molecule has 1 aromatic heterocycles. The lowest BCUT2D eigenvalue weighted by atomic mass is 10.3. The maximum absolute atomic E-state index is 11.3. The Hall–Kier alpha value is -2.04. The van der Waals surface area contributed by atoms with Crippen LogP contribution in [0, 0.1) is 0 Å². The Kier molecular flexibility index (Phi) is 2.66. The van der Waals surface area contributed by atoms with Gasteiger partial charge in [-0.3, -0.25) is 4.79 Å². The Morgan fingerprint density at radius 1 is 1.22 bits per heavy atom. The van der Waals surface area contributed by atoms with Gasteiger partial charge in [-0.05, 0) is 12.1 Å². The summed E-state index contributed by atoms with van der Waals surface area (Å²) in [6.45, 7) is 4.61. The number of piperazine rings is 1. The maximum atomic E-state index is 11.3. The monoisotopic (exact) mass is 245 g/mol. The van der Waals surface area contributed by atoms with E-state index in [0.29, 0.717) is 6.01 Å². The highest BCUT2D eigenvalue weighted by atomic mass is 16.4. The van der Waals surface area contributed by atoms with Gasteiger partial charge in [0, 0.05) is 33.1 Å². The summed E-state index contributed by atoms with van der Waals surface area (Å²) in [6, 6.07) is 8.39. The van der Waals surface area contributed by atoms with Gasteiger partial charge in [0.25, 0.3) is 6.01 Å². The van der Waals surface area contributed by atoms with Crippen molar-refractivity contribution in [1.82, 2.24) is 9.88 Å². The molecule has 0 radical (unpaired) electrons. The summed E-state index contributed by atoms with van der Waals surface area (Å²) in [5.74, 6) is 0.132. The highest BCUT2D eigenvalue weighted by molar-refractivity contribution is 5.75. The number of aromatic nitrogens is 1. The summed E-state index contributed by atoms with van der Waals surface area (Å²) in [6.07, 6.45) is 0. The SMILES string of the molecule is CC(=O)N1CCN(c2nc3ccccc3o2)CC1. The Balaban J connectivity index is 1.78. The molecular weight excluding hydrogens is 230 g/mol. The van der Waals surface area contributed by atoms with Crippen LogP contribution in [-0.4, -0.2) is 42.0 Å². The number of benzene rings is 1. The van der Waals surface area contributed by atoms with Crippen LogP contribution in [0.5, 0.6) is 0 Å². The van der Waals surface area contributed by atoms with E-state index < -0.39 is 0 Å². The second kappa shape index (κ2) is 4.33. The van der Waals surface area contributed by atoms with E-state index in [9.17, 15) is 4.79 Å². The Morgan fingerprint density at radius 2 is 1.94 bits per heavy atom. The van der Waals surface area contributed by atoms with E-state index in [2.05, 4.69) is 9.88 Å². The van der Waals surface area contributed by atoms with Crippen LogP contribution in [0.3, 0.4) is 0 Å². The van der Waals surface area contributed by atoms with Gasteiger partial charge < -0.3 is 14.2 Å². The molecule has 94 valence electrons. The van der Waals surface area contributed by atoms with Gasteiger partial charge in [0.1, 0.15) is 5.52 Å². The molecule has 0 aliphatic carbocycles. The Labute approximate surface area is 105 Å². The van der Waals surface area contributed by atoms with Crippen molar-refractivity contribution in [2.24, 2.45) is 0 Å². The van der Waals surface area contributed by atoms with E-state index in [-0.39, 0.29) is 5.91 Å². The van der Waals surface area contributed by atoms with Crippen LogP contribution in [0.15, 0.2) is 28.7 Å². The van der Waals surface area contributed by atoms with Gasteiger partial charge in [-0.1, -0.05) is 12.1 Å². The molecule has 0 bridgehead atoms. The highest BCUT2D eigenvalue weighted by Crippen LogP contribution is 2.22. The first-order valence-corrected chi connectivity index (χ1v) is 6.10. The smallest absolute Gasteiger partial charge is 0.298 e. The zero-order chi connectivity index (χ0) is 12.5. The number of hydrogen-bond acceptors (Lipinski definition) is 4. The summed E-state index contributed by atoms with van der Waals surface area (Å²) in [7, 11) is 0. The number of fused-ring (bicyclic) bond motifs is 1. The molecule has 0 spiro atoms. The number of hydrogen-bond donors (Lipinski definition) is 0. The van der Waals surface area contributed by atoms with Crippen molar-refractivity contribution in [3.63, 3.8) is 0 Å². The lowest BCUT2D eigenvalue weighted by Crippen LogP contribution is -2.48. The van der Waals surface area contributed by atoms with Crippen molar-refractivity contribution in [2.75, 3.05) is 31.1 Å². The van der Waals surface area contributed by atoms with Crippen LogP contribution in [0.25, 0.3) is 11.1 Å². The third kappa shape index (κ3) is 1.92. The van der Waals surface area contributed by atoms with Crippen LogP contribution in [0.2, 0.25) is 0 Å². The van der Waals surface area contributed by atoms with Gasteiger partial charge >= 0.3 is 0 Å². The molecule has 1 aliphatic heterocycles. The lowest BCUT2D eigenvalue weighted by molar-refractivity contribution is -0.129. The molecule has 5 nitrogen and oxygen atoms in total. The van der Waals surface area contributed by atoms with Gasteiger partial charge in [0.15, 0.2) is 5.58 Å². The average Bonchev–Trinajstić information content (AvgIpc) is 2.82. The van der Waals surface area contributed by atoms with Crippen molar-refractivity contribution in [1.29, 1.82) is 0 Å². The van der Waals surface area contributed by atoms with Gasteiger partial charge in [0.2, 0.25) is 5.91 Å². The number of anilines is 1. The fourth-order valence-electron chi connectivity index (χ4n) is 2.21. The number of amides is 1. The van der Waals surface area contributed by atoms with Crippen LogP contribution >= 0.6 is 0 Å². The highest BCUT2D eigenvalue weighted by Gasteiger charge is 2.21. The minimum absolute atomic E-state index is 0.132. The quantitative estimate of drug-likeness (QED) is 0.764. The minimum Gasteiger partial charge on any atom is -0.423 e. The number of carbonyl (C=O) groups is 1. The molecule has 2 aromatic rings. The van der Waals surface area contributed by atoms with Crippen molar-refractivity contribution < 1.29 is 9.21 Å². The molecule has 1 aromatic carbocycles. The zero-order valence-corrected chi connectivity index (χ0v) is 10.3. The molecule has 5 heteroatoms. The summed E-state index contributed by atoms with van der Waals surface area (Å²) >= 11 is 0. The second-order valence-electron chi connectivity index (χ2n) is 4.46. The third-order valence-electron chi connectivity index (χ3n) is 3.28. The molecule has 0 N–H and O–H groups in total. The minimum atomic E-state index is 0.132. The van der Waals surface area contributed by atoms with E-state index in [1.807, 2.05) is 29.2 Å². The summed E-state index contributed by atoms with van der Waals surface area (Å²) < 4.78 is 5.71. The first kappa shape index (κ1) is 11.1. The molecule has 0 unspecified atom stereocenters. The standard InChI is InChI=1S/C13H15N3O2/c1-10(17)15-6-8-16(9-7-15)13-14-11-4-2-3-5-12(11)18-13/h2-5H,6-9H2,1H3. The number of carbonyl (C=O) groups excluding carboxylic acids is 1. The summed E-state index contributed by atoms with van der Waals surface area (Å²) in [5, 5.41) is 0. The van der Waals surface area contributed by atoms with Crippen LogP contribution in [-0.2, 0) is 4.79 Å². The third-order valence-corrected chi connectivity index (χ3v) is 3.28. The molecule has 1 saturated heterocycles. The number of nitrogens with zero attached hydrogens (tertiary/aromatic N) is 3. The van der Waals surface area contributed by atoms with Crippen molar-refractivity contribution in [3.8, 4) is 0 Å². The molecule has 1 amide bonds. The van der Waals surface area contributed by atoms with Crippen LogP contribution < -0.4 is 4.90 Å². The molecule has 1 aliphatic rings. The molecule has 18 heavy (non-hydrogen) atoms. The Bertz CT molecular complexity index is 537. The fourth-order valence-corrected chi connectivity index (χ4v) is 2.21. The van der Waals surface area contributed by atoms with Gasteiger partial charge in [0.05, 0.1) is 0 Å². The lowest BCUT2D eigenvalue weighted by Gasteiger charge is -2.33. The average molecular weight is 245 g/mol. The van der Waals surface area contributed by atoms with Crippen LogP contribution in [0.1, 0.15) is 6.92 Å². The van der Waals surface area contributed by atoms with E-state index in [1.54, 1.807) is 6.92 Å². The van der Waals surface area contributed by atoms with Crippen LogP contribution in [0.4, 0.5) is 6.01 Å². The predicted octanol–water partition coefficient (Wildman–Crippen LogP) is 1.50. The first-order chi connectivity index (χ1) is 8.74. The second-order valence-corrected chi connectivity index (χ2v) is 4.46. The topological polar surface area (TPSA) is 49.6 Å². The number of para-hydroxylation sites is 2. The summed E-state index contributed by atoms with van der Waals surface area (Å²) in [5.41, 5.74) is 1.68. The van der Waals surface area contributed by atoms with E-state index in [4.69, 9.17) is 4.42 Å². The predicted molar refractivity (Wildman–Crippen MR) is 68.5 cm³/mol. The Morgan fingerprint density at radius 3 is 2.61 bits per heavy atom. The van der Waals surface area contributed by atoms with E-state index in [1.165, 1.54) is 0 Å². The van der Waals surface area contributed by atoms with Gasteiger partial charge in [-0.2, -0.15) is 4.98 Å². The number of oxazole rings is 1. The molecule has 1 fully saturated rings. The molecule has 0 saturated carbocycles.